The molecule has 2 rings (SSSR count). The van der Waals surface area contributed by atoms with E-state index < -0.39 is 0 Å². The number of nitrogens with zero attached hydrogens (tertiary/aromatic N) is 2. The van der Waals surface area contributed by atoms with Crippen molar-refractivity contribution in [2.75, 3.05) is 20.1 Å². The third-order valence-electron chi connectivity index (χ3n) is 3.77. The molecule has 0 saturated carbocycles. The molecule has 0 aliphatic carbocycles. The van der Waals surface area contributed by atoms with Crippen LogP contribution in [-0.4, -0.2) is 47.9 Å². The molecule has 2 aliphatic rings. The minimum Gasteiger partial charge on any atom is -0.338 e. The number of rotatable bonds is 1. The molecule has 2 saturated heterocycles. The summed E-state index contributed by atoms with van der Waals surface area (Å²) in [4.78, 5) is 16.2. The fourth-order valence-corrected chi connectivity index (χ4v) is 2.76. The number of hydrogen-bond donors (Lipinski definition) is 0. The van der Waals surface area contributed by atoms with Gasteiger partial charge in [-0.3, -0.25) is 9.69 Å². The topological polar surface area (TPSA) is 23.6 Å². The van der Waals surface area contributed by atoms with Gasteiger partial charge in [0.1, 0.15) is 0 Å². The summed E-state index contributed by atoms with van der Waals surface area (Å²) in [5.74, 6) is 0.179. The Morgan fingerprint density at radius 2 is 2.00 bits per heavy atom. The second-order valence-corrected chi connectivity index (χ2v) is 4.62. The van der Waals surface area contributed by atoms with Gasteiger partial charge in [0.2, 0.25) is 5.91 Å². The average molecular weight is 208 g/mol. The van der Waals surface area contributed by atoms with Crippen molar-refractivity contribution in [2.24, 2.45) is 0 Å². The number of carbonyl (C=O) groups excluding carboxylic acids is 1. The minimum atomic E-state index is 0.179. The zero-order valence-corrected chi connectivity index (χ0v) is 9.65. The van der Waals surface area contributed by atoms with E-state index in [-0.39, 0.29) is 5.91 Å². The quantitative estimate of drug-likeness (QED) is 0.606. The predicted molar refractivity (Wildman–Crippen MR) is 60.6 cm³/mol. The van der Waals surface area contributed by atoms with Crippen LogP contribution >= 0.6 is 0 Å². The van der Waals surface area contributed by atoms with Crippen LogP contribution < -0.4 is 0 Å². The summed E-state index contributed by atoms with van der Waals surface area (Å²) >= 11 is 0. The van der Waals surface area contributed by atoms with Crippen molar-refractivity contribution in [3.63, 3.8) is 0 Å². The highest BCUT2D eigenvalue weighted by molar-refractivity contribution is 5.87. The summed E-state index contributed by atoms with van der Waals surface area (Å²) in [5, 5.41) is 0. The van der Waals surface area contributed by atoms with E-state index in [1.807, 2.05) is 17.9 Å². The lowest BCUT2D eigenvalue weighted by atomic mass is 10.1. The molecule has 2 heterocycles. The Morgan fingerprint density at radius 1 is 1.27 bits per heavy atom. The molecule has 0 aromatic heterocycles. The van der Waals surface area contributed by atoms with E-state index >= 15 is 0 Å². The lowest BCUT2D eigenvalue weighted by Crippen LogP contribution is -2.38. The Hall–Kier alpha value is -0.830. The molecule has 0 spiro atoms. The number of carbonyl (C=O) groups is 1. The van der Waals surface area contributed by atoms with Gasteiger partial charge in [-0.05, 0) is 39.3 Å². The van der Waals surface area contributed by atoms with Gasteiger partial charge in [-0.2, -0.15) is 0 Å². The maximum absolute atomic E-state index is 11.8. The summed E-state index contributed by atoms with van der Waals surface area (Å²) in [5.41, 5.74) is 0. The normalized spacial score (nSPS) is 32.3. The highest BCUT2D eigenvalue weighted by Gasteiger charge is 2.35. The van der Waals surface area contributed by atoms with E-state index in [4.69, 9.17) is 0 Å². The highest BCUT2D eigenvalue weighted by Crippen LogP contribution is 2.28. The van der Waals surface area contributed by atoms with E-state index in [1.54, 1.807) is 6.08 Å². The second kappa shape index (κ2) is 4.35. The maximum Gasteiger partial charge on any atom is 0.246 e. The molecule has 0 radical (unpaired) electrons. The predicted octanol–water partition coefficient (Wildman–Crippen LogP) is 1.26. The van der Waals surface area contributed by atoms with E-state index in [0.29, 0.717) is 12.1 Å². The molecule has 3 nitrogen and oxygen atoms in total. The van der Waals surface area contributed by atoms with Gasteiger partial charge in [0.25, 0.3) is 0 Å². The molecule has 84 valence electrons. The van der Waals surface area contributed by atoms with Crippen molar-refractivity contribution in [3.05, 3.63) is 12.2 Å². The monoisotopic (exact) mass is 208 g/mol. The fourth-order valence-electron chi connectivity index (χ4n) is 2.76. The average Bonchev–Trinajstić information content (AvgIpc) is 2.41. The summed E-state index contributed by atoms with van der Waals surface area (Å²) < 4.78 is 0. The van der Waals surface area contributed by atoms with Gasteiger partial charge in [0.15, 0.2) is 0 Å². The molecule has 2 atom stereocenters. The van der Waals surface area contributed by atoms with Crippen LogP contribution in [0.5, 0.6) is 0 Å². The lowest BCUT2D eigenvalue weighted by molar-refractivity contribution is -0.126. The Bertz CT molecular complexity index is 275. The van der Waals surface area contributed by atoms with Crippen LogP contribution in [0.3, 0.4) is 0 Å². The molecule has 2 bridgehead atoms. The van der Waals surface area contributed by atoms with Crippen LogP contribution in [-0.2, 0) is 4.79 Å². The molecule has 0 aromatic carbocycles. The zero-order chi connectivity index (χ0) is 10.8. The van der Waals surface area contributed by atoms with Crippen LogP contribution in [0.2, 0.25) is 0 Å². The number of allylic oxidation sites excluding steroid dienone is 1. The van der Waals surface area contributed by atoms with Crippen molar-refractivity contribution in [1.82, 2.24) is 9.80 Å². The second-order valence-electron chi connectivity index (χ2n) is 4.62. The van der Waals surface area contributed by atoms with E-state index in [2.05, 4.69) is 11.9 Å². The highest BCUT2D eigenvalue weighted by atomic mass is 16.2. The standard InChI is InChI=1S/C12H20N2O/c1-3-4-12(15)14-8-7-10-5-6-11(9-14)13(10)2/h3-4,10-11H,5-9H2,1-2H3. The summed E-state index contributed by atoms with van der Waals surface area (Å²) in [6, 6.07) is 1.30. The molecule has 0 aromatic rings. The van der Waals surface area contributed by atoms with Crippen LogP contribution in [0.1, 0.15) is 26.2 Å². The van der Waals surface area contributed by atoms with Gasteiger partial charge in [-0.15, -0.1) is 0 Å². The van der Waals surface area contributed by atoms with Gasteiger partial charge < -0.3 is 4.90 Å². The Labute approximate surface area is 91.7 Å². The molecule has 0 N–H and O–H groups in total. The van der Waals surface area contributed by atoms with Gasteiger partial charge in [-0.25, -0.2) is 0 Å². The third-order valence-corrected chi connectivity index (χ3v) is 3.77. The van der Waals surface area contributed by atoms with E-state index in [9.17, 15) is 4.79 Å². The summed E-state index contributed by atoms with van der Waals surface area (Å²) in [7, 11) is 2.20. The van der Waals surface area contributed by atoms with Gasteiger partial charge in [0, 0.05) is 25.2 Å². The Morgan fingerprint density at radius 3 is 2.73 bits per heavy atom. The van der Waals surface area contributed by atoms with Gasteiger partial charge in [-0.1, -0.05) is 6.08 Å². The Kier molecular flexibility index (Phi) is 3.10. The molecular weight excluding hydrogens is 188 g/mol. The maximum atomic E-state index is 11.8. The van der Waals surface area contributed by atoms with Gasteiger partial charge in [0.05, 0.1) is 0 Å². The molecule has 2 unspecified atom stereocenters. The first-order valence-corrected chi connectivity index (χ1v) is 5.86. The van der Waals surface area contributed by atoms with Crippen LogP contribution in [0.15, 0.2) is 12.2 Å². The number of fused-ring (bicyclic) bond motifs is 2. The number of likely N-dealkylation sites (N-methyl/N-ethyl adjacent to an activating group) is 1. The molecule has 2 fully saturated rings. The Balaban J connectivity index is 2.03. The van der Waals surface area contributed by atoms with Crippen LogP contribution in [0.4, 0.5) is 0 Å². The van der Waals surface area contributed by atoms with Crippen LogP contribution in [0.25, 0.3) is 0 Å². The van der Waals surface area contributed by atoms with Crippen molar-refractivity contribution < 1.29 is 4.79 Å². The smallest absolute Gasteiger partial charge is 0.246 e. The molecule has 2 aliphatic heterocycles. The zero-order valence-electron chi connectivity index (χ0n) is 9.65. The first kappa shape index (κ1) is 10.7. The first-order valence-electron chi connectivity index (χ1n) is 5.86. The van der Waals surface area contributed by atoms with Gasteiger partial charge >= 0.3 is 0 Å². The third kappa shape index (κ3) is 2.07. The fraction of sp³-hybridized carbons (Fsp3) is 0.750. The van der Waals surface area contributed by atoms with Crippen molar-refractivity contribution in [1.29, 1.82) is 0 Å². The summed E-state index contributed by atoms with van der Waals surface area (Å²) in [6.45, 7) is 3.73. The SMILES string of the molecule is CC=CC(=O)N1CCC2CCC(C1)N2C. The lowest BCUT2D eigenvalue weighted by Gasteiger charge is -2.24. The first-order chi connectivity index (χ1) is 7.22. The van der Waals surface area contributed by atoms with Crippen molar-refractivity contribution in [2.45, 2.75) is 38.3 Å². The van der Waals surface area contributed by atoms with Crippen LogP contribution in [0, 0.1) is 0 Å². The number of hydrogen-bond acceptors (Lipinski definition) is 2. The molecule has 15 heavy (non-hydrogen) atoms. The largest absolute Gasteiger partial charge is 0.338 e. The molecular formula is C12H20N2O. The number of likely N-dealkylation sites (tertiary alicyclic amines) is 1. The van der Waals surface area contributed by atoms with Crippen molar-refractivity contribution in [3.8, 4) is 0 Å². The summed E-state index contributed by atoms with van der Waals surface area (Å²) in [6.07, 6.45) is 7.21. The van der Waals surface area contributed by atoms with Crippen molar-refractivity contribution >= 4 is 5.91 Å². The minimum absolute atomic E-state index is 0.179. The van der Waals surface area contributed by atoms with E-state index in [0.717, 1.165) is 19.5 Å². The van der Waals surface area contributed by atoms with E-state index in [1.165, 1.54) is 12.8 Å². The molecule has 1 amide bonds. The molecule has 3 heteroatoms. The number of amides is 1.